The monoisotopic (exact) mass is 233 g/mol. The number of amides is 3. The van der Waals surface area contributed by atoms with E-state index >= 15 is 0 Å². The minimum absolute atomic E-state index is 0.165. The van der Waals surface area contributed by atoms with E-state index in [9.17, 15) is 18.0 Å². The topological polar surface area (TPSA) is 74.8 Å². The fourth-order valence-electron chi connectivity index (χ4n) is 1.38. The maximum atomic E-state index is 11.6. The highest BCUT2D eigenvalue weighted by Gasteiger charge is 2.31. The summed E-state index contributed by atoms with van der Waals surface area (Å²) in [5.74, 6) is -0.290. The smallest absolute Gasteiger partial charge is 0.323 e. The summed E-state index contributed by atoms with van der Waals surface area (Å²) in [7, 11) is -3.83. The highest BCUT2D eigenvalue weighted by atomic mass is 32.2. The SMILES string of the molecule is CCS(=O)(=O)N([C]=O)C(=O)N1CCCC1. The molecule has 1 aliphatic rings. The molecule has 7 heteroatoms. The van der Waals surface area contributed by atoms with Crippen LogP contribution in [0.25, 0.3) is 0 Å². The van der Waals surface area contributed by atoms with Crippen LogP contribution in [0.1, 0.15) is 19.8 Å². The Morgan fingerprint density at radius 2 is 1.93 bits per heavy atom. The molecule has 0 bridgehead atoms. The Kier molecular flexibility index (Phi) is 3.67. The first-order chi connectivity index (χ1) is 7.03. The van der Waals surface area contributed by atoms with Gasteiger partial charge in [-0.05, 0) is 19.8 Å². The predicted molar refractivity (Wildman–Crippen MR) is 53.2 cm³/mol. The van der Waals surface area contributed by atoms with E-state index in [0.29, 0.717) is 13.1 Å². The van der Waals surface area contributed by atoms with E-state index in [2.05, 4.69) is 0 Å². The van der Waals surface area contributed by atoms with E-state index in [4.69, 9.17) is 0 Å². The minimum Gasteiger partial charge on any atom is -0.323 e. The zero-order chi connectivity index (χ0) is 11.5. The van der Waals surface area contributed by atoms with Crippen molar-refractivity contribution in [1.29, 1.82) is 0 Å². The Morgan fingerprint density at radius 3 is 2.33 bits per heavy atom. The Bertz CT molecular complexity index is 346. The molecule has 1 rings (SSSR count). The zero-order valence-electron chi connectivity index (χ0n) is 8.47. The second kappa shape index (κ2) is 4.61. The molecule has 1 saturated heterocycles. The molecule has 0 unspecified atom stereocenters. The zero-order valence-corrected chi connectivity index (χ0v) is 9.29. The first-order valence-corrected chi connectivity index (χ1v) is 6.33. The minimum atomic E-state index is -3.83. The molecular formula is C8H13N2O4S. The predicted octanol–water partition coefficient (Wildman–Crippen LogP) is -0.0789. The van der Waals surface area contributed by atoms with Crippen molar-refractivity contribution in [1.82, 2.24) is 9.21 Å². The van der Waals surface area contributed by atoms with Crippen LogP contribution in [0.15, 0.2) is 0 Å². The summed E-state index contributed by atoms with van der Waals surface area (Å²) in [4.78, 5) is 23.4. The number of carbonyl (C=O) groups excluding carboxylic acids is 2. The van der Waals surface area contributed by atoms with Crippen LogP contribution in [0.3, 0.4) is 0 Å². The van der Waals surface area contributed by atoms with Crippen molar-refractivity contribution in [3.05, 3.63) is 0 Å². The maximum Gasteiger partial charge on any atom is 0.341 e. The Hall–Kier alpha value is -1.11. The molecule has 0 spiro atoms. The van der Waals surface area contributed by atoms with E-state index < -0.39 is 16.1 Å². The third kappa shape index (κ3) is 2.47. The average Bonchev–Trinajstić information content (AvgIpc) is 2.71. The number of urea groups is 1. The number of nitrogens with zero attached hydrogens (tertiary/aromatic N) is 2. The largest absolute Gasteiger partial charge is 0.341 e. The summed E-state index contributed by atoms with van der Waals surface area (Å²) in [6.45, 7) is 2.36. The highest BCUT2D eigenvalue weighted by Crippen LogP contribution is 2.12. The van der Waals surface area contributed by atoms with Gasteiger partial charge in [0.1, 0.15) is 0 Å². The van der Waals surface area contributed by atoms with E-state index in [1.165, 1.54) is 18.2 Å². The molecule has 15 heavy (non-hydrogen) atoms. The van der Waals surface area contributed by atoms with Gasteiger partial charge in [-0.25, -0.2) is 13.2 Å². The van der Waals surface area contributed by atoms with Crippen LogP contribution in [0.5, 0.6) is 0 Å². The molecule has 0 aromatic rings. The van der Waals surface area contributed by atoms with Crippen LogP contribution in [0, 0.1) is 0 Å². The standard InChI is InChI=1S/C8H13N2O4S/c1-2-15(13,14)10(7-11)8(12)9-5-3-4-6-9/h2-6H2,1H3. The lowest BCUT2D eigenvalue weighted by Crippen LogP contribution is -2.44. The van der Waals surface area contributed by atoms with Gasteiger partial charge in [0.15, 0.2) is 0 Å². The van der Waals surface area contributed by atoms with Crippen molar-refractivity contribution >= 4 is 22.5 Å². The molecule has 1 radical (unpaired) electrons. The molecule has 0 aromatic heterocycles. The van der Waals surface area contributed by atoms with E-state index in [-0.39, 0.29) is 10.1 Å². The quantitative estimate of drug-likeness (QED) is 0.639. The summed E-state index contributed by atoms with van der Waals surface area (Å²) < 4.78 is 22.9. The molecule has 0 atom stereocenters. The van der Waals surface area contributed by atoms with Gasteiger partial charge in [-0.1, -0.05) is 0 Å². The first kappa shape index (κ1) is 12.0. The van der Waals surface area contributed by atoms with Crippen molar-refractivity contribution in [2.45, 2.75) is 19.8 Å². The normalized spacial score (nSPS) is 16.5. The van der Waals surface area contributed by atoms with E-state index in [0.717, 1.165) is 12.8 Å². The Labute approximate surface area is 88.9 Å². The van der Waals surface area contributed by atoms with Crippen LogP contribution in [-0.2, 0) is 14.8 Å². The molecule has 1 aliphatic heterocycles. The lowest BCUT2D eigenvalue weighted by molar-refractivity contribution is 0.200. The lowest BCUT2D eigenvalue weighted by atomic mass is 10.4. The second-order valence-corrected chi connectivity index (χ2v) is 5.34. The van der Waals surface area contributed by atoms with Crippen molar-refractivity contribution in [2.75, 3.05) is 18.8 Å². The van der Waals surface area contributed by atoms with Crippen molar-refractivity contribution in [3.63, 3.8) is 0 Å². The number of rotatable bonds is 3. The number of imide groups is 1. The molecule has 0 saturated carbocycles. The first-order valence-electron chi connectivity index (χ1n) is 4.72. The van der Waals surface area contributed by atoms with Gasteiger partial charge < -0.3 is 4.90 Å². The molecule has 0 aliphatic carbocycles. The van der Waals surface area contributed by atoms with Gasteiger partial charge >= 0.3 is 12.4 Å². The lowest BCUT2D eigenvalue weighted by Gasteiger charge is -2.21. The number of hydrogen-bond donors (Lipinski definition) is 0. The van der Waals surface area contributed by atoms with Gasteiger partial charge in [-0.3, -0.25) is 4.79 Å². The second-order valence-electron chi connectivity index (χ2n) is 3.23. The van der Waals surface area contributed by atoms with E-state index in [1.54, 1.807) is 0 Å². The van der Waals surface area contributed by atoms with Gasteiger partial charge in [0.25, 0.3) is 0 Å². The third-order valence-electron chi connectivity index (χ3n) is 2.28. The summed E-state index contributed by atoms with van der Waals surface area (Å²) in [6, 6.07) is -0.788. The van der Waals surface area contributed by atoms with Gasteiger partial charge in [0.2, 0.25) is 10.0 Å². The van der Waals surface area contributed by atoms with Crippen LogP contribution in [0.4, 0.5) is 4.79 Å². The van der Waals surface area contributed by atoms with Crippen molar-refractivity contribution in [3.8, 4) is 0 Å². The maximum absolute atomic E-state index is 11.6. The van der Waals surface area contributed by atoms with Crippen LogP contribution < -0.4 is 0 Å². The molecule has 85 valence electrons. The molecule has 1 fully saturated rings. The number of hydrogen-bond acceptors (Lipinski definition) is 4. The van der Waals surface area contributed by atoms with Gasteiger partial charge in [-0.2, -0.15) is 0 Å². The molecule has 1 heterocycles. The summed E-state index contributed by atoms with van der Waals surface area (Å²) in [5.41, 5.74) is 0. The molecule has 6 nitrogen and oxygen atoms in total. The fourth-order valence-corrected chi connectivity index (χ4v) is 2.11. The number of carbonyl (C=O) groups is 1. The average molecular weight is 233 g/mol. The molecule has 0 N–H and O–H groups in total. The summed E-state index contributed by atoms with van der Waals surface area (Å²) in [5, 5.41) is 0. The number of sulfonamides is 1. The fraction of sp³-hybridized carbons (Fsp3) is 0.750. The van der Waals surface area contributed by atoms with Crippen molar-refractivity contribution in [2.24, 2.45) is 0 Å². The molecular weight excluding hydrogens is 220 g/mol. The Morgan fingerprint density at radius 1 is 1.40 bits per heavy atom. The van der Waals surface area contributed by atoms with Crippen LogP contribution >= 0.6 is 0 Å². The van der Waals surface area contributed by atoms with Gasteiger partial charge in [-0.15, -0.1) is 4.31 Å². The summed E-state index contributed by atoms with van der Waals surface area (Å²) in [6.07, 6.45) is 2.85. The van der Waals surface area contributed by atoms with Crippen LogP contribution in [0.2, 0.25) is 0 Å². The van der Waals surface area contributed by atoms with E-state index in [1.807, 2.05) is 0 Å². The van der Waals surface area contributed by atoms with Gasteiger partial charge in [0, 0.05) is 13.1 Å². The van der Waals surface area contributed by atoms with Gasteiger partial charge in [0.05, 0.1) is 5.75 Å². The third-order valence-corrected chi connectivity index (χ3v) is 3.79. The highest BCUT2D eigenvalue weighted by molar-refractivity contribution is 7.90. The molecule has 3 amide bonds. The number of likely N-dealkylation sites (tertiary alicyclic amines) is 1. The summed E-state index contributed by atoms with van der Waals surface area (Å²) >= 11 is 0. The Balaban J connectivity index is 2.83. The van der Waals surface area contributed by atoms with Crippen molar-refractivity contribution < 1.29 is 18.0 Å². The molecule has 0 aromatic carbocycles. The van der Waals surface area contributed by atoms with Crippen LogP contribution in [-0.4, -0.2) is 48.9 Å².